The molecule has 2 N–H and O–H groups in total. The molecule has 0 aliphatic carbocycles. The average molecular weight is 381 g/mol. The number of allylic oxidation sites excluding steroid dienone is 2. The number of ether oxygens (including phenoxy) is 2. The molecule has 0 radical (unpaired) electrons. The molecular weight excluding hydrogens is 363 g/mol. The fourth-order valence-electron chi connectivity index (χ4n) is 2.71. The van der Waals surface area contributed by atoms with Gasteiger partial charge < -0.3 is 15.2 Å². The highest BCUT2D eigenvalue weighted by Crippen LogP contribution is 2.43. The van der Waals surface area contributed by atoms with E-state index in [9.17, 15) is 10.1 Å². The van der Waals surface area contributed by atoms with Gasteiger partial charge in [0.15, 0.2) is 0 Å². The van der Waals surface area contributed by atoms with Gasteiger partial charge >= 0.3 is 5.97 Å². The zero-order valence-electron chi connectivity index (χ0n) is 13.9. The Kier molecular flexibility index (Phi) is 6.35. The maximum atomic E-state index is 12.6. The van der Waals surface area contributed by atoms with Crippen LogP contribution in [0.4, 0.5) is 0 Å². The fourth-order valence-corrected chi connectivity index (χ4v) is 3.23. The first-order valence-electron chi connectivity index (χ1n) is 7.87. The van der Waals surface area contributed by atoms with Crippen LogP contribution >= 0.6 is 23.2 Å². The van der Waals surface area contributed by atoms with Crippen LogP contribution in [0.2, 0.25) is 10.0 Å². The monoisotopic (exact) mass is 380 g/mol. The third-order valence-corrected chi connectivity index (χ3v) is 4.31. The van der Waals surface area contributed by atoms with Crippen LogP contribution in [0.3, 0.4) is 0 Å². The maximum absolute atomic E-state index is 12.6. The van der Waals surface area contributed by atoms with E-state index in [2.05, 4.69) is 0 Å². The molecule has 1 aliphatic heterocycles. The quantitative estimate of drug-likeness (QED) is 0.764. The number of esters is 1. The number of benzene rings is 1. The van der Waals surface area contributed by atoms with Crippen molar-refractivity contribution in [1.82, 2.24) is 0 Å². The van der Waals surface area contributed by atoms with Gasteiger partial charge in [-0.3, -0.25) is 0 Å². The molecule has 0 saturated heterocycles. The van der Waals surface area contributed by atoms with Gasteiger partial charge in [-0.25, -0.2) is 4.79 Å². The molecule has 132 valence electrons. The predicted octanol–water partition coefficient (Wildman–Crippen LogP) is 4.42. The standard InChI is InChI=1S/C18H18Cl2N2O3/c1-3-5-14-16(18(23)24-4-2)15(12(9-21)17(22)25-14)11-7-6-10(19)8-13(11)20/h6-8,15H,3-5,22H2,1-2H3/t15-/m0/s1. The first kappa shape index (κ1) is 19.2. The van der Waals surface area contributed by atoms with Crippen LogP contribution in [0.5, 0.6) is 0 Å². The predicted molar refractivity (Wildman–Crippen MR) is 95.7 cm³/mol. The largest absolute Gasteiger partial charge is 0.463 e. The molecule has 0 aromatic heterocycles. The molecule has 1 aromatic rings. The second-order valence-electron chi connectivity index (χ2n) is 5.40. The summed E-state index contributed by atoms with van der Waals surface area (Å²) in [6.07, 6.45) is 1.21. The first-order valence-corrected chi connectivity index (χ1v) is 8.62. The third-order valence-electron chi connectivity index (χ3n) is 3.74. The number of halogens is 2. The second-order valence-corrected chi connectivity index (χ2v) is 6.24. The van der Waals surface area contributed by atoms with E-state index in [1.54, 1.807) is 25.1 Å². The van der Waals surface area contributed by atoms with Gasteiger partial charge in [0.05, 0.1) is 18.1 Å². The van der Waals surface area contributed by atoms with E-state index in [1.165, 1.54) is 0 Å². The summed E-state index contributed by atoms with van der Waals surface area (Å²) < 4.78 is 10.8. The highest BCUT2D eigenvalue weighted by molar-refractivity contribution is 6.35. The molecule has 0 saturated carbocycles. The molecule has 1 aliphatic rings. The lowest BCUT2D eigenvalue weighted by Gasteiger charge is -2.28. The van der Waals surface area contributed by atoms with Gasteiger partial charge in [0.1, 0.15) is 17.4 Å². The number of rotatable bonds is 5. The van der Waals surface area contributed by atoms with Crippen molar-refractivity contribution in [2.75, 3.05) is 6.61 Å². The zero-order valence-corrected chi connectivity index (χ0v) is 15.4. The number of hydrogen-bond donors (Lipinski definition) is 1. The van der Waals surface area contributed by atoms with Crippen molar-refractivity contribution in [3.05, 3.63) is 56.6 Å². The van der Waals surface area contributed by atoms with Crippen LogP contribution < -0.4 is 5.73 Å². The molecule has 1 heterocycles. The van der Waals surface area contributed by atoms with Crippen LogP contribution in [-0.2, 0) is 14.3 Å². The van der Waals surface area contributed by atoms with Gasteiger partial charge in [0.25, 0.3) is 0 Å². The third kappa shape index (κ3) is 3.92. The Morgan fingerprint density at radius 2 is 2.12 bits per heavy atom. The van der Waals surface area contributed by atoms with Gasteiger partial charge in [-0.15, -0.1) is 0 Å². The molecule has 7 heteroatoms. The summed E-state index contributed by atoms with van der Waals surface area (Å²) in [6, 6.07) is 6.91. The Balaban J connectivity index is 2.71. The Bertz CT molecular complexity index is 794. The number of carbonyl (C=O) groups is 1. The smallest absolute Gasteiger partial charge is 0.338 e. The topological polar surface area (TPSA) is 85.3 Å². The van der Waals surface area contributed by atoms with Gasteiger partial charge in [-0.1, -0.05) is 36.2 Å². The number of carbonyl (C=O) groups excluding carboxylic acids is 1. The molecule has 0 spiro atoms. The van der Waals surface area contributed by atoms with E-state index in [0.717, 1.165) is 6.42 Å². The van der Waals surface area contributed by atoms with E-state index in [4.69, 9.17) is 38.4 Å². The van der Waals surface area contributed by atoms with Crippen molar-refractivity contribution < 1.29 is 14.3 Å². The molecule has 1 atom stereocenters. The molecule has 5 nitrogen and oxygen atoms in total. The van der Waals surface area contributed by atoms with Gasteiger partial charge in [0, 0.05) is 16.5 Å². The number of nitrogens with zero attached hydrogens (tertiary/aromatic N) is 1. The van der Waals surface area contributed by atoms with Gasteiger partial charge in [-0.2, -0.15) is 5.26 Å². The van der Waals surface area contributed by atoms with E-state index in [1.807, 2.05) is 13.0 Å². The lowest BCUT2D eigenvalue weighted by atomic mass is 9.82. The normalized spacial score (nSPS) is 17.2. The van der Waals surface area contributed by atoms with E-state index in [0.29, 0.717) is 27.8 Å². The minimum Gasteiger partial charge on any atom is -0.463 e. The fraction of sp³-hybridized carbons (Fsp3) is 0.333. The Hall–Kier alpha value is -2.16. The van der Waals surface area contributed by atoms with Crippen molar-refractivity contribution >= 4 is 29.2 Å². The maximum Gasteiger partial charge on any atom is 0.338 e. The molecule has 25 heavy (non-hydrogen) atoms. The van der Waals surface area contributed by atoms with Gasteiger partial charge in [-0.05, 0) is 31.0 Å². The minimum atomic E-state index is -0.760. The van der Waals surface area contributed by atoms with Crippen molar-refractivity contribution in [3.63, 3.8) is 0 Å². The average Bonchev–Trinajstić information content (AvgIpc) is 2.55. The van der Waals surface area contributed by atoms with E-state index >= 15 is 0 Å². The van der Waals surface area contributed by atoms with Crippen LogP contribution in [0.15, 0.2) is 41.0 Å². The number of nitrogens with two attached hydrogens (primary N) is 1. The SMILES string of the molecule is CCCC1=C(C(=O)OCC)[C@@H](c2ccc(Cl)cc2Cl)C(C#N)=C(N)O1. The highest BCUT2D eigenvalue weighted by atomic mass is 35.5. The summed E-state index contributed by atoms with van der Waals surface area (Å²) in [4.78, 5) is 12.6. The van der Waals surface area contributed by atoms with Crippen molar-refractivity contribution in [1.29, 1.82) is 5.26 Å². The summed E-state index contributed by atoms with van der Waals surface area (Å²) in [5.41, 5.74) is 6.85. The minimum absolute atomic E-state index is 0.0324. The molecule has 0 fully saturated rings. The molecule has 1 aromatic carbocycles. The molecular formula is C18H18Cl2N2O3. The van der Waals surface area contributed by atoms with Crippen LogP contribution in [-0.4, -0.2) is 12.6 Å². The molecule has 0 bridgehead atoms. The summed E-state index contributed by atoms with van der Waals surface area (Å²) in [5, 5.41) is 10.4. The highest BCUT2D eigenvalue weighted by Gasteiger charge is 2.38. The van der Waals surface area contributed by atoms with Gasteiger partial charge in [0.2, 0.25) is 5.88 Å². The summed E-state index contributed by atoms with van der Waals surface area (Å²) in [7, 11) is 0. The second kappa shape index (κ2) is 8.28. The summed E-state index contributed by atoms with van der Waals surface area (Å²) >= 11 is 12.3. The van der Waals surface area contributed by atoms with Crippen molar-refractivity contribution in [2.45, 2.75) is 32.6 Å². The summed E-state index contributed by atoms with van der Waals surface area (Å²) in [6.45, 7) is 3.86. The number of hydrogen-bond acceptors (Lipinski definition) is 5. The number of nitriles is 1. The van der Waals surface area contributed by atoms with E-state index in [-0.39, 0.29) is 23.6 Å². The zero-order chi connectivity index (χ0) is 18.6. The first-order chi connectivity index (χ1) is 11.9. The van der Waals surface area contributed by atoms with Crippen LogP contribution in [0.25, 0.3) is 0 Å². The molecule has 0 unspecified atom stereocenters. The lowest BCUT2D eigenvalue weighted by Crippen LogP contribution is -2.26. The summed E-state index contributed by atoms with van der Waals surface area (Å²) in [5.74, 6) is -0.949. The van der Waals surface area contributed by atoms with Crippen molar-refractivity contribution in [2.24, 2.45) is 5.73 Å². The van der Waals surface area contributed by atoms with Crippen LogP contribution in [0.1, 0.15) is 38.2 Å². The lowest BCUT2D eigenvalue weighted by molar-refractivity contribution is -0.139. The van der Waals surface area contributed by atoms with Crippen LogP contribution in [0, 0.1) is 11.3 Å². The Morgan fingerprint density at radius 3 is 2.68 bits per heavy atom. The van der Waals surface area contributed by atoms with Crippen molar-refractivity contribution in [3.8, 4) is 6.07 Å². The Morgan fingerprint density at radius 1 is 1.40 bits per heavy atom. The van der Waals surface area contributed by atoms with E-state index < -0.39 is 11.9 Å². The molecule has 2 rings (SSSR count). The molecule has 0 amide bonds. The Labute approximate surface area is 156 Å².